The zero-order valence-electron chi connectivity index (χ0n) is 15.6. The molecular weight excluding hydrogens is 346 g/mol. The van der Waals surface area contributed by atoms with E-state index < -0.39 is 0 Å². The predicted octanol–water partition coefficient (Wildman–Crippen LogP) is 4.98. The molecule has 5 heteroatoms. The van der Waals surface area contributed by atoms with Gasteiger partial charge in [0.25, 0.3) is 0 Å². The van der Waals surface area contributed by atoms with Crippen molar-refractivity contribution in [1.29, 1.82) is 0 Å². The van der Waals surface area contributed by atoms with Crippen LogP contribution in [0.15, 0.2) is 72.6 Å². The average molecular weight is 365 g/mol. The molecule has 28 heavy (non-hydrogen) atoms. The van der Waals surface area contributed by atoms with Crippen LogP contribution in [0, 0.1) is 0 Å². The standard InChI is InChI=1S/C23H19N5/c1-15(21-5-3-4-16-8-9-24-23(16)21)27-22-11-19-10-17(6-7-18(19)12-25-22)20-13-26-28(2)14-20/h3-7,9-14H,1,8H2,2H3,(H,25,27). The van der Waals surface area contributed by atoms with Crippen molar-refractivity contribution >= 4 is 34.2 Å². The van der Waals surface area contributed by atoms with Gasteiger partial charge in [-0.3, -0.25) is 9.67 Å². The zero-order valence-corrected chi connectivity index (χ0v) is 15.6. The predicted molar refractivity (Wildman–Crippen MR) is 115 cm³/mol. The lowest BCUT2D eigenvalue weighted by molar-refractivity contribution is 0.768. The SMILES string of the molecule is C=C(Nc1cc2cc(-c3cnn(C)c3)ccc2cn1)c1cccc2c1N=CC2. The van der Waals surface area contributed by atoms with Gasteiger partial charge in [-0.1, -0.05) is 36.9 Å². The fraction of sp³-hybridized carbons (Fsp3) is 0.0870. The van der Waals surface area contributed by atoms with Gasteiger partial charge in [-0.15, -0.1) is 0 Å². The number of aryl methyl sites for hydroxylation is 1. The van der Waals surface area contributed by atoms with Gasteiger partial charge in [0.1, 0.15) is 5.82 Å². The normalized spacial score (nSPS) is 12.3. The van der Waals surface area contributed by atoms with Crippen LogP contribution in [0.25, 0.3) is 27.6 Å². The monoisotopic (exact) mass is 365 g/mol. The largest absolute Gasteiger partial charge is 0.340 e. The number of aromatic nitrogens is 3. The molecule has 1 N–H and O–H groups in total. The number of hydrogen-bond acceptors (Lipinski definition) is 4. The minimum absolute atomic E-state index is 0.764. The average Bonchev–Trinajstić information content (AvgIpc) is 3.36. The Morgan fingerprint density at radius 1 is 1.07 bits per heavy atom. The van der Waals surface area contributed by atoms with Gasteiger partial charge < -0.3 is 5.32 Å². The maximum absolute atomic E-state index is 4.55. The molecule has 3 heterocycles. The van der Waals surface area contributed by atoms with E-state index in [2.05, 4.69) is 51.2 Å². The molecule has 4 aromatic rings. The van der Waals surface area contributed by atoms with Crippen molar-refractivity contribution in [1.82, 2.24) is 14.8 Å². The Labute approximate surface area is 163 Å². The number of nitrogens with zero attached hydrogens (tertiary/aromatic N) is 4. The molecular formula is C23H19N5. The smallest absolute Gasteiger partial charge is 0.130 e. The topological polar surface area (TPSA) is 55.1 Å². The number of anilines is 1. The molecule has 0 saturated heterocycles. The highest BCUT2D eigenvalue weighted by molar-refractivity contribution is 5.91. The van der Waals surface area contributed by atoms with Crippen LogP contribution < -0.4 is 5.32 Å². The lowest BCUT2D eigenvalue weighted by atomic mass is 10.0. The molecule has 0 amide bonds. The molecule has 0 fully saturated rings. The van der Waals surface area contributed by atoms with Gasteiger partial charge in [-0.2, -0.15) is 5.10 Å². The molecule has 5 nitrogen and oxygen atoms in total. The van der Waals surface area contributed by atoms with E-state index in [0.717, 1.165) is 51.1 Å². The molecule has 2 aromatic heterocycles. The fourth-order valence-corrected chi connectivity index (χ4v) is 3.57. The summed E-state index contributed by atoms with van der Waals surface area (Å²) in [7, 11) is 1.92. The number of para-hydroxylation sites is 1. The number of hydrogen-bond donors (Lipinski definition) is 1. The van der Waals surface area contributed by atoms with E-state index >= 15 is 0 Å². The highest BCUT2D eigenvalue weighted by Gasteiger charge is 2.13. The van der Waals surface area contributed by atoms with Gasteiger partial charge in [0.2, 0.25) is 0 Å². The summed E-state index contributed by atoms with van der Waals surface area (Å²) in [5, 5.41) is 9.81. The zero-order chi connectivity index (χ0) is 19.1. The molecule has 0 aliphatic carbocycles. The third-order valence-corrected chi connectivity index (χ3v) is 5.02. The molecule has 136 valence electrons. The van der Waals surface area contributed by atoms with E-state index in [9.17, 15) is 0 Å². The van der Waals surface area contributed by atoms with Crippen molar-refractivity contribution in [2.24, 2.45) is 12.0 Å². The van der Waals surface area contributed by atoms with Crippen molar-refractivity contribution in [3.63, 3.8) is 0 Å². The summed E-state index contributed by atoms with van der Waals surface area (Å²) in [4.78, 5) is 9.05. The minimum Gasteiger partial charge on any atom is -0.340 e. The van der Waals surface area contributed by atoms with Crippen LogP contribution in [-0.4, -0.2) is 21.0 Å². The van der Waals surface area contributed by atoms with Gasteiger partial charge in [0.15, 0.2) is 0 Å². The first kappa shape index (κ1) is 16.4. The molecule has 0 saturated carbocycles. The maximum Gasteiger partial charge on any atom is 0.130 e. The fourth-order valence-electron chi connectivity index (χ4n) is 3.57. The first-order chi connectivity index (χ1) is 13.7. The quantitative estimate of drug-likeness (QED) is 0.555. The Morgan fingerprint density at radius 3 is 2.86 bits per heavy atom. The Hall–Kier alpha value is -3.73. The van der Waals surface area contributed by atoms with Crippen molar-refractivity contribution in [2.75, 3.05) is 5.32 Å². The molecule has 0 atom stereocenters. The molecule has 5 rings (SSSR count). The second-order valence-corrected chi connectivity index (χ2v) is 6.97. The first-order valence-corrected chi connectivity index (χ1v) is 9.17. The number of benzene rings is 2. The maximum atomic E-state index is 4.55. The van der Waals surface area contributed by atoms with Gasteiger partial charge in [-0.25, -0.2) is 4.98 Å². The van der Waals surface area contributed by atoms with Crippen molar-refractivity contribution in [3.05, 3.63) is 78.8 Å². The van der Waals surface area contributed by atoms with E-state index in [4.69, 9.17) is 0 Å². The summed E-state index contributed by atoms with van der Waals surface area (Å²) in [5.74, 6) is 0.764. The number of aliphatic imine (C=N–C) groups is 1. The first-order valence-electron chi connectivity index (χ1n) is 9.17. The Balaban J connectivity index is 1.47. The van der Waals surface area contributed by atoms with Crippen LogP contribution in [0.1, 0.15) is 11.1 Å². The Morgan fingerprint density at radius 2 is 2.00 bits per heavy atom. The van der Waals surface area contributed by atoms with Crippen LogP contribution in [0.2, 0.25) is 0 Å². The van der Waals surface area contributed by atoms with Gasteiger partial charge in [0.05, 0.1) is 11.9 Å². The lowest BCUT2D eigenvalue weighted by Crippen LogP contribution is -2.00. The molecule has 0 bridgehead atoms. The highest BCUT2D eigenvalue weighted by Crippen LogP contribution is 2.33. The van der Waals surface area contributed by atoms with E-state index in [1.54, 1.807) is 0 Å². The van der Waals surface area contributed by atoms with E-state index in [1.165, 1.54) is 5.56 Å². The van der Waals surface area contributed by atoms with Gasteiger partial charge in [-0.05, 0) is 28.6 Å². The van der Waals surface area contributed by atoms with Gasteiger partial charge in [0, 0.05) is 54.3 Å². The number of fused-ring (bicyclic) bond motifs is 2. The highest BCUT2D eigenvalue weighted by atomic mass is 15.2. The van der Waals surface area contributed by atoms with Crippen molar-refractivity contribution in [3.8, 4) is 11.1 Å². The van der Waals surface area contributed by atoms with E-state index in [1.807, 2.05) is 54.7 Å². The summed E-state index contributed by atoms with van der Waals surface area (Å²) in [6.45, 7) is 4.21. The van der Waals surface area contributed by atoms with E-state index in [0.29, 0.717) is 0 Å². The Bertz CT molecular complexity index is 1250. The second-order valence-electron chi connectivity index (χ2n) is 6.97. The van der Waals surface area contributed by atoms with E-state index in [-0.39, 0.29) is 0 Å². The Kier molecular flexibility index (Phi) is 3.79. The number of rotatable bonds is 4. The van der Waals surface area contributed by atoms with Crippen LogP contribution in [0.4, 0.5) is 11.5 Å². The van der Waals surface area contributed by atoms with Crippen LogP contribution in [0.3, 0.4) is 0 Å². The minimum atomic E-state index is 0.764. The second kappa shape index (κ2) is 6.46. The lowest BCUT2D eigenvalue weighted by Gasteiger charge is -2.12. The van der Waals surface area contributed by atoms with Crippen molar-refractivity contribution < 1.29 is 0 Å². The number of nitrogens with one attached hydrogen (secondary N) is 1. The van der Waals surface area contributed by atoms with Crippen molar-refractivity contribution in [2.45, 2.75) is 6.42 Å². The third kappa shape index (κ3) is 2.87. The molecule has 2 aromatic carbocycles. The molecule has 1 aliphatic rings. The molecule has 0 spiro atoms. The summed E-state index contributed by atoms with van der Waals surface area (Å²) < 4.78 is 1.81. The number of pyridine rings is 1. The van der Waals surface area contributed by atoms with Gasteiger partial charge >= 0.3 is 0 Å². The molecule has 0 unspecified atom stereocenters. The molecule has 0 radical (unpaired) electrons. The van der Waals surface area contributed by atoms with Crippen LogP contribution in [-0.2, 0) is 13.5 Å². The third-order valence-electron chi connectivity index (χ3n) is 5.02. The van der Waals surface area contributed by atoms with Crippen LogP contribution >= 0.6 is 0 Å². The van der Waals surface area contributed by atoms with Crippen LogP contribution in [0.5, 0.6) is 0 Å². The summed E-state index contributed by atoms with van der Waals surface area (Å²) in [6.07, 6.45) is 8.59. The summed E-state index contributed by atoms with van der Waals surface area (Å²) in [6, 6.07) is 14.6. The molecule has 1 aliphatic heterocycles. The summed E-state index contributed by atoms with van der Waals surface area (Å²) in [5.41, 5.74) is 6.26. The summed E-state index contributed by atoms with van der Waals surface area (Å²) >= 11 is 0.